The predicted molar refractivity (Wildman–Crippen MR) is 103 cm³/mol. The van der Waals surface area contributed by atoms with Crippen LogP contribution < -0.4 is 16.0 Å². The van der Waals surface area contributed by atoms with Crippen LogP contribution in [0.4, 0.5) is 0 Å². The molecule has 0 aliphatic rings. The zero-order valence-corrected chi connectivity index (χ0v) is 17.3. The molecule has 3 amide bonds. The highest BCUT2D eigenvalue weighted by Gasteiger charge is 2.44. The van der Waals surface area contributed by atoms with Crippen molar-refractivity contribution in [1.82, 2.24) is 25.9 Å². The molecule has 0 fully saturated rings. The number of aromatic nitrogens is 2. The summed E-state index contributed by atoms with van der Waals surface area (Å²) < 4.78 is 0. The normalized spacial score (nSPS) is 17.1. The minimum atomic E-state index is -2.26. The molecule has 1 rings (SSSR count). The van der Waals surface area contributed by atoms with E-state index < -0.39 is 54.3 Å². The second kappa shape index (κ2) is 10.9. The van der Waals surface area contributed by atoms with E-state index in [0.717, 1.165) is 13.1 Å². The van der Waals surface area contributed by atoms with Crippen LogP contribution in [0, 0.1) is 0 Å². The second-order valence-electron chi connectivity index (χ2n) is 7.02. The molecule has 12 heteroatoms. The van der Waals surface area contributed by atoms with Gasteiger partial charge >= 0.3 is 0 Å². The molecule has 0 aliphatic heterocycles. The second-order valence-corrected chi connectivity index (χ2v) is 7.02. The number of amides is 3. The summed E-state index contributed by atoms with van der Waals surface area (Å²) in [7, 11) is 0. The first-order chi connectivity index (χ1) is 13.9. The van der Waals surface area contributed by atoms with Crippen molar-refractivity contribution in [2.24, 2.45) is 0 Å². The van der Waals surface area contributed by atoms with E-state index in [9.17, 15) is 34.8 Å². The zero-order valence-electron chi connectivity index (χ0n) is 17.3. The van der Waals surface area contributed by atoms with Crippen LogP contribution in [0.1, 0.15) is 39.1 Å². The molecular weight excluding hydrogens is 398 g/mol. The van der Waals surface area contributed by atoms with E-state index in [4.69, 9.17) is 0 Å². The molecule has 0 aromatic carbocycles. The van der Waals surface area contributed by atoms with Crippen LogP contribution >= 0.6 is 0 Å². The van der Waals surface area contributed by atoms with Gasteiger partial charge < -0.3 is 36.4 Å². The van der Waals surface area contributed by atoms with Crippen molar-refractivity contribution in [2.75, 3.05) is 6.61 Å². The van der Waals surface area contributed by atoms with Gasteiger partial charge in [-0.05, 0) is 6.92 Å². The lowest BCUT2D eigenvalue weighted by molar-refractivity contribution is -0.139. The van der Waals surface area contributed by atoms with Crippen LogP contribution in [0.2, 0.25) is 0 Å². The van der Waals surface area contributed by atoms with Gasteiger partial charge in [-0.2, -0.15) is 0 Å². The molecule has 12 nitrogen and oxygen atoms in total. The minimum absolute atomic E-state index is 0.0666. The van der Waals surface area contributed by atoms with Crippen molar-refractivity contribution in [1.29, 1.82) is 0 Å². The first-order valence-corrected chi connectivity index (χ1v) is 9.24. The molecule has 168 valence electrons. The van der Waals surface area contributed by atoms with Gasteiger partial charge in [-0.25, -0.2) is 0 Å². The van der Waals surface area contributed by atoms with Crippen LogP contribution in [0.25, 0.3) is 0 Å². The molecule has 0 saturated carbocycles. The van der Waals surface area contributed by atoms with E-state index in [0.29, 0.717) is 0 Å². The number of nitrogens with one attached hydrogen (secondary N) is 3. The summed E-state index contributed by atoms with van der Waals surface area (Å²) in [5.41, 5.74) is -2.15. The van der Waals surface area contributed by atoms with Crippen LogP contribution in [0.15, 0.2) is 12.4 Å². The fraction of sp³-hybridized carbons (Fsp3) is 0.611. The Kier molecular flexibility index (Phi) is 9.23. The number of hydrogen-bond donors (Lipinski definition) is 7. The molecule has 30 heavy (non-hydrogen) atoms. The van der Waals surface area contributed by atoms with Crippen LogP contribution in [0.3, 0.4) is 0 Å². The van der Waals surface area contributed by atoms with Crippen LogP contribution in [-0.2, 0) is 26.5 Å². The summed E-state index contributed by atoms with van der Waals surface area (Å²) >= 11 is 0. The van der Waals surface area contributed by atoms with Gasteiger partial charge in [-0.3, -0.25) is 24.4 Å². The topological polar surface area (TPSA) is 194 Å². The number of aliphatic hydroxyl groups is 4. The molecule has 0 spiro atoms. The van der Waals surface area contributed by atoms with E-state index in [1.165, 1.54) is 27.0 Å². The maximum Gasteiger partial charge on any atom is 0.219 e. The number of hydrogen-bond acceptors (Lipinski definition) is 9. The molecule has 0 aliphatic carbocycles. The third-order valence-electron chi connectivity index (χ3n) is 4.22. The number of aliphatic hydroxyl groups excluding tert-OH is 3. The minimum Gasteiger partial charge on any atom is -0.394 e. The monoisotopic (exact) mass is 427 g/mol. The van der Waals surface area contributed by atoms with Crippen LogP contribution in [0.5, 0.6) is 0 Å². The van der Waals surface area contributed by atoms with Crippen molar-refractivity contribution < 1.29 is 34.8 Å². The number of nitrogens with zero attached hydrogens (tertiary/aromatic N) is 2. The molecule has 0 bridgehead atoms. The number of carbonyl (C=O) groups is 3. The Hall–Kier alpha value is -2.67. The fourth-order valence-corrected chi connectivity index (χ4v) is 2.90. The van der Waals surface area contributed by atoms with Crippen molar-refractivity contribution in [3.05, 3.63) is 23.8 Å². The van der Waals surface area contributed by atoms with E-state index in [1.807, 2.05) is 0 Å². The maximum absolute atomic E-state index is 11.6. The Morgan fingerprint density at radius 2 is 1.63 bits per heavy atom. The lowest BCUT2D eigenvalue weighted by Crippen LogP contribution is -2.63. The lowest BCUT2D eigenvalue weighted by Gasteiger charge is -2.37. The van der Waals surface area contributed by atoms with Crippen molar-refractivity contribution >= 4 is 17.7 Å². The van der Waals surface area contributed by atoms with Crippen LogP contribution in [-0.4, -0.2) is 79.0 Å². The molecule has 0 saturated heterocycles. The van der Waals surface area contributed by atoms with Gasteiger partial charge in [0.05, 0.1) is 36.7 Å². The zero-order chi connectivity index (χ0) is 23.1. The molecule has 1 aromatic heterocycles. The largest absolute Gasteiger partial charge is 0.394 e. The molecule has 7 N–H and O–H groups in total. The molecule has 1 unspecified atom stereocenters. The van der Waals surface area contributed by atoms with Gasteiger partial charge in [0.1, 0.15) is 11.7 Å². The van der Waals surface area contributed by atoms with E-state index in [2.05, 4.69) is 25.9 Å². The summed E-state index contributed by atoms with van der Waals surface area (Å²) in [6, 6.07) is -2.23. The van der Waals surface area contributed by atoms with Gasteiger partial charge in [0.25, 0.3) is 0 Å². The summed E-state index contributed by atoms with van der Waals surface area (Å²) in [5.74, 6) is -1.61. The van der Waals surface area contributed by atoms with Crippen molar-refractivity contribution in [3.8, 4) is 0 Å². The standard InChI is InChI=1S/C18H29N5O7/c1-9(25)17(22-11(3)27)18(30,23-12(4)28)16-7-19-13(6-20-16)5-15(29)14(8-24)21-10(2)26/h6-7,9,14-15,17,24-25,29-30H,5,8H2,1-4H3,(H,21,26)(H,22,27)(H,23,28)/t9-,14-,15-,17-,18?/m0/s1. The Bertz CT molecular complexity index is 743. The SMILES string of the molecule is CC(=O)N[C@@H](CO)[C@@H](O)Cc1cnc(C(O)(NC(C)=O)[C@@H](NC(C)=O)[C@H](C)O)cn1. The van der Waals surface area contributed by atoms with E-state index in [-0.39, 0.29) is 17.8 Å². The summed E-state index contributed by atoms with van der Waals surface area (Å²) in [5, 5.41) is 47.7. The van der Waals surface area contributed by atoms with Gasteiger partial charge in [-0.15, -0.1) is 0 Å². The highest BCUT2D eigenvalue weighted by atomic mass is 16.3. The first-order valence-electron chi connectivity index (χ1n) is 9.24. The van der Waals surface area contributed by atoms with Gasteiger partial charge in [-0.1, -0.05) is 0 Å². The van der Waals surface area contributed by atoms with Gasteiger partial charge in [0.15, 0.2) is 0 Å². The molecular formula is C18H29N5O7. The molecule has 5 atom stereocenters. The maximum atomic E-state index is 11.6. The van der Waals surface area contributed by atoms with Gasteiger partial charge in [0, 0.05) is 33.4 Å². The quantitative estimate of drug-likeness (QED) is 0.191. The molecule has 1 heterocycles. The summed E-state index contributed by atoms with van der Waals surface area (Å²) in [6.07, 6.45) is -0.139. The highest BCUT2D eigenvalue weighted by Crippen LogP contribution is 2.23. The Labute approximate surface area is 173 Å². The molecule has 0 radical (unpaired) electrons. The average Bonchev–Trinajstić information content (AvgIpc) is 2.63. The van der Waals surface area contributed by atoms with Crippen molar-refractivity contribution in [2.45, 2.75) is 64.1 Å². The fourth-order valence-electron chi connectivity index (χ4n) is 2.90. The smallest absolute Gasteiger partial charge is 0.219 e. The summed E-state index contributed by atoms with van der Waals surface area (Å²) in [6.45, 7) is 4.42. The van der Waals surface area contributed by atoms with Gasteiger partial charge in [0.2, 0.25) is 23.4 Å². The Morgan fingerprint density at radius 1 is 1.03 bits per heavy atom. The highest BCUT2D eigenvalue weighted by molar-refractivity contribution is 5.75. The first kappa shape index (κ1) is 25.4. The van der Waals surface area contributed by atoms with E-state index >= 15 is 0 Å². The predicted octanol–water partition coefficient (Wildman–Crippen LogP) is -2.96. The number of rotatable bonds is 10. The average molecular weight is 427 g/mol. The van der Waals surface area contributed by atoms with E-state index in [1.54, 1.807) is 0 Å². The van der Waals surface area contributed by atoms with Crippen molar-refractivity contribution in [3.63, 3.8) is 0 Å². The Morgan fingerprint density at radius 3 is 2.03 bits per heavy atom. The third-order valence-corrected chi connectivity index (χ3v) is 4.22. The summed E-state index contributed by atoms with van der Waals surface area (Å²) in [4.78, 5) is 42.4. The Balaban J connectivity index is 3.16. The number of carbonyl (C=O) groups excluding carboxylic acids is 3. The molecule has 1 aromatic rings. The lowest BCUT2D eigenvalue weighted by atomic mass is 9.95. The third kappa shape index (κ3) is 6.99.